The Morgan fingerprint density at radius 3 is 2.47 bits per heavy atom. The third kappa shape index (κ3) is 3.05. The molecule has 0 atom stereocenters. The minimum absolute atomic E-state index is 0.0329. The summed E-state index contributed by atoms with van der Waals surface area (Å²) in [6.45, 7) is 0. The summed E-state index contributed by atoms with van der Waals surface area (Å²) in [6, 6.07) is 0.337. The zero-order valence-corrected chi connectivity index (χ0v) is 9.60. The minimum Gasteiger partial charge on any atom is -0.382 e. The molecule has 17 heavy (non-hydrogen) atoms. The summed E-state index contributed by atoms with van der Waals surface area (Å²) in [6.07, 6.45) is 6.69. The molecule has 1 aromatic heterocycles. The Morgan fingerprint density at radius 2 is 1.94 bits per heavy atom. The van der Waals surface area contributed by atoms with E-state index in [0.717, 1.165) is 31.5 Å². The maximum Gasteiger partial charge on any atom is 0.220 e. The van der Waals surface area contributed by atoms with Crippen LogP contribution in [-0.4, -0.2) is 21.9 Å². The number of primary amides is 1. The molecule has 0 aromatic carbocycles. The standard InChI is InChI=1S/C11H17N5O/c12-9-5-15-10(6-14-9)16-8-3-1-7(2-4-8)11(13)17/h5-8H,1-4H2,(H2,12,14)(H2,13,17)(H,15,16). The highest BCUT2D eigenvalue weighted by Gasteiger charge is 2.24. The molecule has 92 valence electrons. The van der Waals surface area contributed by atoms with Crippen molar-refractivity contribution >= 4 is 17.5 Å². The maximum absolute atomic E-state index is 11.0. The fraction of sp³-hybridized carbons (Fsp3) is 0.545. The number of nitrogen functional groups attached to an aromatic ring is 1. The van der Waals surface area contributed by atoms with E-state index in [4.69, 9.17) is 11.5 Å². The van der Waals surface area contributed by atoms with Crippen LogP contribution in [0, 0.1) is 5.92 Å². The zero-order chi connectivity index (χ0) is 12.3. The van der Waals surface area contributed by atoms with Gasteiger partial charge in [0.05, 0.1) is 12.4 Å². The molecule has 6 nitrogen and oxygen atoms in total. The van der Waals surface area contributed by atoms with Gasteiger partial charge in [0.15, 0.2) is 0 Å². The quantitative estimate of drug-likeness (QED) is 0.707. The Bertz CT molecular complexity index is 383. The summed E-state index contributed by atoms with van der Waals surface area (Å²) < 4.78 is 0. The lowest BCUT2D eigenvalue weighted by atomic mass is 9.85. The van der Waals surface area contributed by atoms with E-state index in [1.165, 1.54) is 6.20 Å². The number of hydrogen-bond acceptors (Lipinski definition) is 5. The predicted molar refractivity (Wildman–Crippen MR) is 65.0 cm³/mol. The molecule has 5 N–H and O–H groups in total. The van der Waals surface area contributed by atoms with Crippen LogP contribution in [0.2, 0.25) is 0 Å². The molecule has 2 rings (SSSR count). The third-order valence-electron chi connectivity index (χ3n) is 3.15. The van der Waals surface area contributed by atoms with Crippen molar-refractivity contribution in [3.63, 3.8) is 0 Å². The van der Waals surface area contributed by atoms with Crippen LogP contribution in [-0.2, 0) is 4.79 Å². The fourth-order valence-corrected chi connectivity index (χ4v) is 2.14. The van der Waals surface area contributed by atoms with Crippen LogP contribution in [0.4, 0.5) is 11.6 Å². The Hall–Kier alpha value is -1.85. The Morgan fingerprint density at radius 1 is 1.24 bits per heavy atom. The van der Waals surface area contributed by atoms with E-state index in [1.54, 1.807) is 6.20 Å². The minimum atomic E-state index is -0.185. The van der Waals surface area contributed by atoms with Crippen LogP contribution in [0.15, 0.2) is 12.4 Å². The molecule has 1 aliphatic carbocycles. The molecule has 1 saturated carbocycles. The van der Waals surface area contributed by atoms with Gasteiger partial charge in [0.1, 0.15) is 11.6 Å². The highest BCUT2D eigenvalue weighted by Crippen LogP contribution is 2.25. The normalized spacial score (nSPS) is 24.2. The Labute approximate surface area is 99.8 Å². The second kappa shape index (κ2) is 4.99. The highest BCUT2D eigenvalue weighted by molar-refractivity contribution is 5.76. The van der Waals surface area contributed by atoms with Gasteiger partial charge in [-0.2, -0.15) is 0 Å². The van der Waals surface area contributed by atoms with E-state index >= 15 is 0 Å². The van der Waals surface area contributed by atoms with E-state index < -0.39 is 0 Å². The molecular weight excluding hydrogens is 218 g/mol. The first-order chi connectivity index (χ1) is 8.15. The number of aromatic nitrogens is 2. The Balaban J connectivity index is 1.85. The van der Waals surface area contributed by atoms with Crippen LogP contribution in [0.25, 0.3) is 0 Å². The summed E-state index contributed by atoms with van der Waals surface area (Å²) in [7, 11) is 0. The molecule has 1 heterocycles. The lowest BCUT2D eigenvalue weighted by Crippen LogP contribution is -2.32. The Kier molecular flexibility index (Phi) is 3.41. The topological polar surface area (TPSA) is 107 Å². The third-order valence-corrected chi connectivity index (χ3v) is 3.15. The van der Waals surface area contributed by atoms with Crippen molar-refractivity contribution in [3.05, 3.63) is 12.4 Å². The van der Waals surface area contributed by atoms with Gasteiger partial charge in [-0.15, -0.1) is 0 Å². The monoisotopic (exact) mass is 235 g/mol. The number of anilines is 2. The molecule has 0 aliphatic heterocycles. The maximum atomic E-state index is 11.0. The van der Waals surface area contributed by atoms with Crippen LogP contribution in [0.1, 0.15) is 25.7 Å². The molecule has 1 aliphatic rings. The molecule has 0 unspecified atom stereocenters. The van der Waals surface area contributed by atoms with E-state index in [1.807, 2.05) is 0 Å². The van der Waals surface area contributed by atoms with Crippen LogP contribution >= 0.6 is 0 Å². The number of nitrogens with two attached hydrogens (primary N) is 2. The van der Waals surface area contributed by atoms with E-state index in [0.29, 0.717) is 11.9 Å². The molecule has 1 fully saturated rings. The molecule has 0 spiro atoms. The number of carbonyl (C=O) groups excluding carboxylic acids is 1. The summed E-state index contributed by atoms with van der Waals surface area (Å²) in [5, 5.41) is 3.29. The summed E-state index contributed by atoms with van der Waals surface area (Å²) in [4.78, 5) is 19.1. The summed E-state index contributed by atoms with van der Waals surface area (Å²) in [5.41, 5.74) is 10.7. The number of amides is 1. The van der Waals surface area contributed by atoms with Gasteiger partial charge in [0.2, 0.25) is 5.91 Å². The van der Waals surface area contributed by atoms with Gasteiger partial charge in [-0.3, -0.25) is 4.79 Å². The summed E-state index contributed by atoms with van der Waals surface area (Å²) >= 11 is 0. The van der Waals surface area contributed by atoms with Gasteiger partial charge in [-0.05, 0) is 25.7 Å². The second-order valence-corrected chi connectivity index (χ2v) is 4.42. The predicted octanol–water partition coefficient (Wildman–Crippen LogP) is 0.515. The zero-order valence-electron chi connectivity index (χ0n) is 9.60. The average molecular weight is 235 g/mol. The van der Waals surface area contributed by atoms with Gasteiger partial charge in [0, 0.05) is 12.0 Å². The summed E-state index contributed by atoms with van der Waals surface area (Å²) in [5.74, 6) is 0.982. The van der Waals surface area contributed by atoms with E-state index in [9.17, 15) is 4.79 Å². The van der Waals surface area contributed by atoms with Crippen molar-refractivity contribution in [2.24, 2.45) is 11.7 Å². The first kappa shape index (κ1) is 11.6. The first-order valence-electron chi connectivity index (χ1n) is 5.78. The number of rotatable bonds is 3. The molecule has 0 bridgehead atoms. The van der Waals surface area contributed by atoms with Crippen LogP contribution < -0.4 is 16.8 Å². The second-order valence-electron chi connectivity index (χ2n) is 4.42. The fourth-order valence-electron chi connectivity index (χ4n) is 2.14. The highest BCUT2D eigenvalue weighted by atomic mass is 16.1. The molecule has 0 radical (unpaired) electrons. The first-order valence-corrected chi connectivity index (χ1v) is 5.78. The van der Waals surface area contributed by atoms with Gasteiger partial charge < -0.3 is 16.8 Å². The molecule has 1 amide bonds. The molecular formula is C11H17N5O. The van der Waals surface area contributed by atoms with Crippen molar-refractivity contribution in [2.75, 3.05) is 11.1 Å². The lowest BCUT2D eigenvalue weighted by Gasteiger charge is -2.27. The van der Waals surface area contributed by atoms with Crippen molar-refractivity contribution < 1.29 is 4.79 Å². The number of hydrogen-bond donors (Lipinski definition) is 3. The SMILES string of the molecule is NC(=O)C1CCC(Nc2cnc(N)cn2)CC1. The van der Waals surface area contributed by atoms with Crippen molar-refractivity contribution in [1.29, 1.82) is 0 Å². The van der Waals surface area contributed by atoms with Gasteiger partial charge in [0.25, 0.3) is 0 Å². The number of carbonyl (C=O) groups is 1. The lowest BCUT2D eigenvalue weighted by molar-refractivity contribution is -0.122. The van der Waals surface area contributed by atoms with Crippen molar-refractivity contribution in [2.45, 2.75) is 31.7 Å². The van der Waals surface area contributed by atoms with Crippen LogP contribution in [0.5, 0.6) is 0 Å². The average Bonchev–Trinajstić information content (AvgIpc) is 2.33. The van der Waals surface area contributed by atoms with Gasteiger partial charge in [-0.25, -0.2) is 9.97 Å². The van der Waals surface area contributed by atoms with Crippen molar-refractivity contribution in [1.82, 2.24) is 9.97 Å². The molecule has 6 heteroatoms. The molecule has 1 aromatic rings. The largest absolute Gasteiger partial charge is 0.382 e. The number of nitrogens with zero attached hydrogens (tertiary/aromatic N) is 2. The van der Waals surface area contributed by atoms with Crippen molar-refractivity contribution in [3.8, 4) is 0 Å². The smallest absolute Gasteiger partial charge is 0.220 e. The molecule has 0 saturated heterocycles. The van der Waals surface area contributed by atoms with E-state index in [2.05, 4.69) is 15.3 Å². The van der Waals surface area contributed by atoms with E-state index in [-0.39, 0.29) is 11.8 Å². The van der Waals surface area contributed by atoms with Gasteiger partial charge in [-0.1, -0.05) is 0 Å². The number of nitrogens with one attached hydrogen (secondary N) is 1. The van der Waals surface area contributed by atoms with Gasteiger partial charge >= 0.3 is 0 Å². The van der Waals surface area contributed by atoms with Crippen LogP contribution in [0.3, 0.4) is 0 Å².